The summed E-state index contributed by atoms with van der Waals surface area (Å²) in [5, 5.41) is 71.2. The Balaban J connectivity index is 1.47. The van der Waals surface area contributed by atoms with Crippen molar-refractivity contribution in [2.24, 2.45) is 0 Å². The Morgan fingerprint density at radius 3 is 2.29 bits per heavy atom. The number of carbonyl (C=O) groups is 1. The number of aliphatic hydroxyl groups is 3. The first-order valence-corrected chi connectivity index (χ1v) is 12.6. The molecule has 42 heavy (non-hydrogen) atoms. The van der Waals surface area contributed by atoms with Crippen LogP contribution in [0.5, 0.6) is 28.7 Å². The molecule has 13 nitrogen and oxygen atoms in total. The van der Waals surface area contributed by atoms with Crippen molar-refractivity contribution in [3.05, 3.63) is 76.5 Å². The quantitative estimate of drug-likeness (QED) is 0.121. The van der Waals surface area contributed by atoms with Crippen LogP contribution in [0, 0.1) is 0 Å². The maximum Gasteiger partial charge on any atom is 0.310 e. The van der Waals surface area contributed by atoms with Crippen LogP contribution >= 0.6 is 0 Å². The zero-order chi connectivity index (χ0) is 30.1. The summed E-state index contributed by atoms with van der Waals surface area (Å²) in [5.41, 5.74) is -0.578. The van der Waals surface area contributed by atoms with Gasteiger partial charge in [0.1, 0.15) is 53.5 Å². The summed E-state index contributed by atoms with van der Waals surface area (Å²) in [6.45, 7) is -0.540. The molecule has 1 saturated heterocycles. The highest BCUT2D eigenvalue weighted by Gasteiger charge is 2.46. The van der Waals surface area contributed by atoms with E-state index < -0.39 is 82.8 Å². The van der Waals surface area contributed by atoms with E-state index in [1.807, 2.05) is 0 Å². The van der Waals surface area contributed by atoms with Gasteiger partial charge < -0.3 is 54.4 Å². The zero-order valence-electron chi connectivity index (χ0n) is 21.7. The van der Waals surface area contributed by atoms with Gasteiger partial charge in [-0.2, -0.15) is 0 Å². The SMILES string of the molecule is O=C(Cc1ccccc1)OC[C@H]1O[C@@H](Oc2c(-c3ccc(O)c(O)c3)oc3cc(O)cc(O)c3c2=O)[C@H](O)[C@@H](O)[C@H]1O. The molecule has 0 radical (unpaired) electrons. The number of ether oxygens (including phenoxy) is 3. The lowest BCUT2D eigenvalue weighted by molar-refractivity contribution is -0.278. The molecule has 220 valence electrons. The molecule has 1 fully saturated rings. The number of hydrogen-bond acceptors (Lipinski definition) is 13. The molecule has 13 heteroatoms. The number of aromatic hydroxyl groups is 4. The van der Waals surface area contributed by atoms with Crippen LogP contribution in [0.15, 0.2) is 69.9 Å². The molecular weight excluding hydrogens is 556 g/mol. The largest absolute Gasteiger partial charge is 0.508 e. The summed E-state index contributed by atoms with van der Waals surface area (Å²) in [5.74, 6) is -3.82. The van der Waals surface area contributed by atoms with Gasteiger partial charge in [-0.15, -0.1) is 0 Å². The Kier molecular flexibility index (Phi) is 7.91. The summed E-state index contributed by atoms with van der Waals surface area (Å²) >= 11 is 0. The van der Waals surface area contributed by atoms with E-state index in [9.17, 15) is 45.3 Å². The van der Waals surface area contributed by atoms with E-state index in [1.165, 1.54) is 6.07 Å². The van der Waals surface area contributed by atoms with Crippen LogP contribution in [-0.4, -0.2) is 79.0 Å². The molecule has 0 bridgehead atoms. The van der Waals surface area contributed by atoms with Crippen LogP contribution < -0.4 is 10.2 Å². The van der Waals surface area contributed by atoms with Gasteiger partial charge in [-0.3, -0.25) is 9.59 Å². The summed E-state index contributed by atoms with van der Waals surface area (Å²) in [4.78, 5) is 25.9. The highest BCUT2D eigenvalue weighted by atomic mass is 16.7. The number of benzene rings is 3. The predicted molar refractivity (Wildman–Crippen MR) is 143 cm³/mol. The second-order valence-corrected chi connectivity index (χ2v) is 9.61. The molecule has 0 spiro atoms. The van der Waals surface area contributed by atoms with Crippen LogP contribution in [0.1, 0.15) is 5.56 Å². The van der Waals surface area contributed by atoms with Crippen LogP contribution in [0.25, 0.3) is 22.3 Å². The van der Waals surface area contributed by atoms with E-state index in [-0.39, 0.29) is 23.3 Å². The third kappa shape index (κ3) is 5.66. The lowest BCUT2D eigenvalue weighted by Gasteiger charge is -2.39. The zero-order valence-corrected chi connectivity index (χ0v) is 21.7. The molecule has 0 aliphatic carbocycles. The summed E-state index contributed by atoms with van der Waals surface area (Å²) in [7, 11) is 0. The van der Waals surface area contributed by atoms with Gasteiger partial charge in [0.25, 0.3) is 0 Å². The van der Waals surface area contributed by atoms with Crippen molar-refractivity contribution >= 4 is 16.9 Å². The molecule has 5 atom stereocenters. The molecule has 2 heterocycles. The van der Waals surface area contributed by atoms with Crippen molar-refractivity contribution in [3.63, 3.8) is 0 Å². The van der Waals surface area contributed by atoms with E-state index in [2.05, 4.69) is 0 Å². The van der Waals surface area contributed by atoms with Crippen molar-refractivity contribution in [3.8, 4) is 40.1 Å². The average molecular weight is 583 g/mol. The van der Waals surface area contributed by atoms with E-state index in [0.29, 0.717) is 5.56 Å². The maximum atomic E-state index is 13.5. The Bertz CT molecular complexity index is 1670. The molecule has 0 saturated carbocycles. The predicted octanol–water partition coefficient (Wildman–Crippen LogP) is 1.25. The normalized spacial score (nSPS) is 22.1. The molecule has 3 aromatic carbocycles. The first-order chi connectivity index (χ1) is 20.0. The molecule has 5 rings (SSSR count). The number of aliphatic hydroxyl groups excluding tert-OH is 3. The fourth-order valence-corrected chi connectivity index (χ4v) is 4.49. The molecule has 0 unspecified atom stereocenters. The van der Waals surface area contributed by atoms with E-state index in [1.54, 1.807) is 30.3 Å². The number of esters is 1. The summed E-state index contributed by atoms with van der Waals surface area (Å²) in [6, 6.07) is 14.1. The lowest BCUT2D eigenvalue weighted by atomic mass is 9.99. The van der Waals surface area contributed by atoms with Crippen LogP contribution in [-0.2, 0) is 20.7 Å². The van der Waals surface area contributed by atoms with Crippen molar-refractivity contribution in [2.75, 3.05) is 6.61 Å². The Hall–Kier alpha value is -4.82. The van der Waals surface area contributed by atoms with E-state index in [0.717, 1.165) is 24.3 Å². The lowest BCUT2D eigenvalue weighted by Crippen LogP contribution is -2.60. The molecule has 0 amide bonds. The van der Waals surface area contributed by atoms with Crippen molar-refractivity contribution < 1.29 is 59.2 Å². The summed E-state index contributed by atoms with van der Waals surface area (Å²) in [6.07, 6.45) is -8.79. The highest BCUT2D eigenvalue weighted by molar-refractivity contribution is 5.88. The first kappa shape index (κ1) is 28.7. The smallest absolute Gasteiger partial charge is 0.310 e. The molecular formula is C29H26O13. The van der Waals surface area contributed by atoms with Gasteiger partial charge in [0, 0.05) is 17.7 Å². The average Bonchev–Trinajstić information content (AvgIpc) is 2.95. The first-order valence-electron chi connectivity index (χ1n) is 12.6. The van der Waals surface area contributed by atoms with Gasteiger partial charge in [0.2, 0.25) is 17.5 Å². The summed E-state index contributed by atoms with van der Waals surface area (Å²) < 4.78 is 22.2. The highest BCUT2D eigenvalue weighted by Crippen LogP contribution is 2.39. The number of fused-ring (bicyclic) bond motifs is 1. The van der Waals surface area contributed by atoms with Crippen LogP contribution in [0.2, 0.25) is 0 Å². The minimum absolute atomic E-state index is 0.000549. The van der Waals surface area contributed by atoms with Crippen molar-refractivity contribution in [1.29, 1.82) is 0 Å². The molecule has 4 aromatic rings. The van der Waals surface area contributed by atoms with Gasteiger partial charge in [-0.1, -0.05) is 30.3 Å². The van der Waals surface area contributed by atoms with Gasteiger partial charge in [-0.05, 0) is 23.8 Å². The van der Waals surface area contributed by atoms with Gasteiger partial charge in [0.15, 0.2) is 17.3 Å². The van der Waals surface area contributed by atoms with E-state index >= 15 is 0 Å². The van der Waals surface area contributed by atoms with Gasteiger partial charge >= 0.3 is 5.97 Å². The third-order valence-electron chi connectivity index (χ3n) is 6.66. The fourth-order valence-electron chi connectivity index (χ4n) is 4.49. The number of phenolic OH excluding ortho intramolecular Hbond substituents is 4. The molecule has 1 aliphatic rings. The second kappa shape index (κ2) is 11.6. The topological polar surface area (TPSA) is 217 Å². The molecule has 1 aromatic heterocycles. The van der Waals surface area contributed by atoms with Crippen molar-refractivity contribution in [2.45, 2.75) is 37.1 Å². The monoisotopic (exact) mass is 582 g/mol. The van der Waals surface area contributed by atoms with E-state index in [4.69, 9.17) is 18.6 Å². The number of phenols is 4. The van der Waals surface area contributed by atoms with Crippen LogP contribution in [0.4, 0.5) is 0 Å². The van der Waals surface area contributed by atoms with Crippen LogP contribution in [0.3, 0.4) is 0 Å². The Morgan fingerprint density at radius 2 is 1.57 bits per heavy atom. The number of carbonyl (C=O) groups excluding carboxylic acids is 1. The molecule has 7 N–H and O–H groups in total. The minimum Gasteiger partial charge on any atom is -0.508 e. The Morgan fingerprint density at radius 1 is 0.833 bits per heavy atom. The fraction of sp³-hybridized carbons (Fsp3) is 0.241. The van der Waals surface area contributed by atoms with Gasteiger partial charge in [0.05, 0.1) is 6.42 Å². The van der Waals surface area contributed by atoms with Gasteiger partial charge in [-0.25, -0.2) is 0 Å². The maximum absolute atomic E-state index is 13.5. The third-order valence-corrected chi connectivity index (χ3v) is 6.66. The Labute approximate surface area is 236 Å². The van der Waals surface area contributed by atoms with Crippen molar-refractivity contribution in [1.82, 2.24) is 0 Å². The standard InChI is InChI=1S/C29H26O13/c30-15-10-18(33)22-19(11-15)40-27(14-6-7-16(31)17(32)9-14)28(24(22)36)42-29-26(38)25(37)23(35)20(41-29)12-39-21(34)8-13-4-2-1-3-5-13/h1-7,9-11,20,23,25-26,29-33,35,37-38H,8,12H2/t20-,23+,25+,26-,29+/m1/s1. The molecule has 1 aliphatic heterocycles. The minimum atomic E-state index is -1.92. The number of rotatable bonds is 7. The number of hydrogen-bond donors (Lipinski definition) is 7. The second-order valence-electron chi connectivity index (χ2n) is 9.61.